The molecule has 1 amide bonds. The number of hydrogen-bond acceptors (Lipinski definition) is 8. The number of carbonyl (C=O) groups is 1. The molecule has 0 spiro atoms. The number of aliphatic hydroxyl groups is 5. The highest BCUT2D eigenvalue weighted by molar-refractivity contribution is 5.76. The Hall–Kier alpha value is -1.33. The molecule has 0 aromatic rings. The number of unbranched alkanes of at least 4 members (excludes halogenated alkanes) is 29. The first-order chi connectivity index (χ1) is 29.3. The molecule has 6 N–H and O–H groups in total. The molecule has 7 unspecified atom stereocenters. The molecule has 1 aliphatic rings. The molecule has 1 saturated heterocycles. The summed E-state index contributed by atoms with van der Waals surface area (Å²) < 4.78 is 11.3. The van der Waals surface area contributed by atoms with Gasteiger partial charge in [-0.25, -0.2) is 0 Å². The van der Waals surface area contributed by atoms with Crippen LogP contribution in [0.15, 0.2) is 24.3 Å². The number of aliphatic hydroxyl groups excluding tert-OH is 5. The monoisotopic (exact) mass is 852 g/mol. The van der Waals surface area contributed by atoms with Crippen molar-refractivity contribution >= 4 is 5.91 Å². The first-order valence-electron chi connectivity index (χ1n) is 25.5. The lowest BCUT2D eigenvalue weighted by atomic mass is 9.99. The molecule has 0 saturated carbocycles. The van der Waals surface area contributed by atoms with E-state index < -0.39 is 49.5 Å². The minimum atomic E-state index is -1.55. The van der Waals surface area contributed by atoms with E-state index >= 15 is 0 Å². The highest BCUT2D eigenvalue weighted by Crippen LogP contribution is 2.23. The largest absolute Gasteiger partial charge is 0.394 e. The van der Waals surface area contributed by atoms with E-state index in [-0.39, 0.29) is 12.5 Å². The van der Waals surface area contributed by atoms with Crippen LogP contribution in [0.3, 0.4) is 0 Å². The first-order valence-corrected chi connectivity index (χ1v) is 25.5. The van der Waals surface area contributed by atoms with E-state index in [0.717, 1.165) is 64.2 Å². The van der Waals surface area contributed by atoms with Gasteiger partial charge >= 0.3 is 0 Å². The molecule has 0 bridgehead atoms. The fourth-order valence-electron chi connectivity index (χ4n) is 8.19. The lowest BCUT2D eigenvalue weighted by molar-refractivity contribution is -0.302. The molecule has 1 rings (SSSR count). The Morgan fingerprint density at radius 1 is 0.567 bits per heavy atom. The standard InChI is InChI=1S/C51H97NO8/c1-3-5-7-9-11-13-15-17-19-20-21-22-23-24-25-27-28-30-32-34-36-38-40-45(54)44(43-59-51-50(58)49(57)48(56)46(42-53)60-51)52-47(55)41-39-37-35-33-31-29-26-18-16-14-12-10-8-6-4-2/h12,14,18,26,44-46,48-51,53-54,56-58H,3-11,13,15-17,19-25,27-43H2,1-2H3,(H,52,55)/b14-12-,26-18-. The normalized spacial score (nSPS) is 20.7. The molecule has 354 valence electrons. The second kappa shape index (κ2) is 41.7. The van der Waals surface area contributed by atoms with Crippen molar-refractivity contribution in [2.45, 2.75) is 281 Å². The molecule has 1 fully saturated rings. The molecule has 0 radical (unpaired) electrons. The number of nitrogens with one attached hydrogen (secondary N) is 1. The number of carbonyl (C=O) groups excluding carboxylic acids is 1. The first kappa shape index (κ1) is 56.7. The number of hydrogen-bond donors (Lipinski definition) is 6. The Labute approximate surface area is 369 Å². The third-order valence-corrected chi connectivity index (χ3v) is 12.3. The van der Waals surface area contributed by atoms with Crippen LogP contribution >= 0.6 is 0 Å². The van der Waals surface area contributed by atoms with E-state index in [9.17, 15) is 30.3 Å². The van der Waals surface area contributed by atoms with Crippen molar-refractivity contribution in [2.24, 2.45) is 0 Å². The van der Waals surface area contributed by atoms with Gasteiger partial charge in [-0.2, -0.15) is 0 Å². The number of rotatable bonds is 43. The van der Waals surface area contributed by atoms with Crippen molar-refractivity contribution in [1.82, 2.24) is 5.32 Å². The summed E-state index contributed by atoms with van der Waals surface area (Å²) in [4.78, 5) is 13.0. The van der Waals surface area contributed by atoms with E-state index in [0.29, 0.717) is 12.8 Å². The van der Waals surface area contributed by atoms with Crippen molar-refractivity contribution in [3.05, 3.63) is 24.3 Å². The molecule has 0 aromatic heterocycles. The zero-order valence-electron chi connectivity index (χ0n) is 39.0. The van der Waals surface area contributed by atoms with Crippen molar-refractivity contribution < 1.29 is 39.8 Å². The van der Waals surface area contributed by atoms with Gasteiger partial charge < -0.3 is 40.3 Å². The van der Waals surface area contributed by atoms with Crippen molar-refractivity contribution in [1.29, 1.82) is 0 Å². The molecular weight excluding hydrogens is 755 g/mol. The Balaban J connectivity index is 2.26. The zero-order valence-corrected chi connectivity index (χ0v) is 39.0. The van der Waals surface area contributed by atoms with Crippen LogP contribution in [-0.2, 0) is 14.3 Å². The second-order valence-corrected chi connectivity index (χ2v) is 18.0. The van der Waals surface area contributed by atoms with Gasteiger partial charge in [0, 0.05) is 6.42 Å². The third-order valence-electron chi connectivity index (χ3n) is 12.3. The molecule has 9 heteroatoms. The third kappa shape index (κ3) is 31.5. The molecule has 60 heavy (non-hydrogen) atoms. The van der Waals surface area contributed by atoms with Gasteiger partial charge in [-0.3, -0.25) is 4.79 Å². The van der Waals surface area contributed by atoms with Gasteiger partial charge in [-0.15, -0.1) is 0 Å². The Kier molecular flexibility index (Phi) is 39.4. The van der Waals surface area contributed by atoms with Crippen LogP contribution in [0.2, 0.25) is 0 Å². The topological polar surface area (TPSA) is 149 Å². The Morgan fingerprint density at radius 3 is 1.47 bits per heavy atom. The van der Waals surface area contributed by atoms with E-state index in [1.807, 2.05) is 0 Å². The summed E-state index contributed by atoms with van der Waals surface area (Å²) in [6, 6.07) is -0.724. The van der Waals surface area contributed by atoms with Crippen LogP contribution in [0, 0.1) is 0 Å². The van der Waals surface area contributed by atoms with Crippen molar-refractivity contribution in [2.75, 3.05) is 13.2 Å². The van der Waals surface area contributed by atoms with E-state index in [4.69, 9.17) is 9.47 Å². The van der Waals surface area contributed by atoms with Crippen LogP contribution in [-0.4, -0.2) is 87.5 Å². The summed E-state index contributed by atoms with van der Waals surface area (Å²) in [6.07, 6.45) is 43.3. The van der Waals surface area contributed by atoms with Crippen LogP contribution in [0.4, 0.5) is 0 Å². The van der Waals surface area contributed by atoms with Gasteiger partial charge in [0.15, 0.2) is 6.29 Å². The lowest BCUT2D eigenvalue weighted by Gasteiger charge is -2.40. The smallest absolute Gasteiger partial charge is 0.220 e. The lowest BCUT2D eigenvalue weighted by Crippen LogP contribution is -2.60. The molecule has 7 atom stereocenters. The minimum absolute atomic E-state index is 0.142. The predicted octanol–water partition coefficient (Wildman–Crippen LogP) is 11.5. The molecule has 1 heterocycles. The van der Waals surface area contributed by atoms with Gasteiger partial charge in [0.25, 0.3) is 0 Å². The molecule has 0 aliphatic carbocycles. The average molecular weight is 852 g/mol. The van der Waals surface area contributed by atoms with Crippen molar-refractivity contribution in [3.63, 3.8) is 0 Å². The highest BCUT2D eigenvalue weighted by atomic mass is 16.7. The van der Waals surface area contributed by atoms with E-state index in [1.165, 1.54) is 148 Å². The summed E-state index contributed by atoms with van der Waals surface area (Å²) in [5, 5.41) is 54.5. The maximum absolute atomic E-state index is 13.0. The van der Waals surface area contributed by atoms with Gasteiger partial charge in [0.1, 0.15) is 24.4 Å². The van der Waals surface area contributed by atoms with Crippen LogP contribution in [0.25, 0.3) is 0 Å². The zero-order chi connectivity index (χ0) is 43.7. The molecule has 1 aliphatic heterocycles. The predicted molar refractivity (Wildman–Crippen MR) is 249 cm³/mol. The number of amides is 1. The van der Waals surface area contributed by atoms with Gasteiger partial charge in [0.05, 0.1) is 25.4 Å². The maximum Gasteiger partial charge on any atom is 0.220 e. The number of allylic oxidation sites excluding steroid dienone is 4. The fraction of sp³-hybridized carbons (Fsp3) is 0.902. The SMILES string of the molecule is CCCCC/C=C\C/C=C\CCCCCCCC(=O)NC(COC1OC(CO)C(O)C(O)C1O)C(O)CCCCCCCCCCCCCCCCCCCCCCCC. The van der Waals surface area contributed by atoms with Crippen LogP contribution in [0.1, 0.15) is 239 Å². The highest BCUT2D eigenvalue weighted by Gasteiger charge is 2.44. The summed E-state index contributed by atoms with van der Waals surface area (Å²) in [6.45, 7) is 3.82. The number of ether oxygens (including phenoxy) is 2. The van der Waals surface area contributed by atoms with Crippen molar-refractivity contribution in [3.8, 4) is 0 Å². The molecule has 0 aromatic carbocycles. The quantitative estimate of drug-likeness (QED) is 0.0262. The second-order valence-electron chi connectivity index (χ2n) is 18.0. The maximum atomic E-state index is 13.0. The average Bonchev–Trinajstić information content (AvgIpc) is 3.25. The minimum Gasteiger partial charge on any atom is -0.394 e. The van der Waals surface area contributed by atoms with E-state index in [2.05, 4.69) is 43.5 Å². The Bertz CT molecular complexity index is 992. The summed E-state index contributed by atoms with van der Waals surface area (Å²) in [5.41, 5.74) is 0. The van der Waals surface area contributed by atoms with Gasteiger partial charge in [-0.1, -0.05) is 212 Å². The van der Waals surface area contributed by atoms with E-state index in [1.54, 1.807) is 0 Å². The fourth-order valence-corrected chi connectivity index (χ4v) is 8.19. The van der Waals surface area contributed by atoms with Gasteiger partial charge in [0.2, 0.25) is 5.91 Å². The molecular formula is C51H97NO8. The van der Waals surface area contributed by atoms with Crippen LogP contribution < -0.4 is 5.32 Å². The summed E-state index contributed by atoms with van der Waals surface area (Å²) in [5.74, 6) is -0.156. The Morgan fingerprint density at radius 2 is 0.983 bits per heavy atom. The summed E-state index contributed by atoms with van der Waals surface area (Å²) >= 11 is 0. The van der Waals surface area contributed by atoms with Gasteiger partial charge in [-0.05, 0) is 44.9 Å². The molecule has 9 nitrogen and oxygen atoms in total. The van der Waals surface area contributed by atoms with Crippen LogP contribution in [0.5, 0.6) is 0 Å². The summed E-state index contributed by atoms with van der Waals surface area (Å²) in [7, 11) is 0.